The van der Waals surface area contributed by atoms with Crippen LogP contribution in [0.25, 0.3) is 17.2 Å². The van der Waals surface area contributed by atoms with Gasteiger partial charge in [0.05, 0.1) is 17.4 Å². The van der Waals surface area contributed by atoms with Gasteiger partial charge in [0.1, 0.15) is 0 Å². The van der Waals surface area contributed by atoms with E-state index in [1.165, 1.54) is 6.08 Å². The molecule has 0 radical (unpaired) electrons. The monoisotopic (exact) mass is 475 g/mol. The van der Waals surface area contributed by atoms with Crippen LogP contribution in [0.5, 0.6) is 0 Å². The molecule has 0 spiro atoms. The molecule has 5 nitrogen and oxygen atoms in total. The Bertz CT molecular complexity index is 1120. The fourth-order valence-electron chi connectivity index (χ4n) is 3.03. The van der Waals surface area contributed by atoms with Crippen molar-refractivity contribution in [2.75, 3.05) is 7.05 Å². The molecule has 0 saturated heterocycles. The summed E-state index contributed by atoms with van der Waals surface area (Å²) in [6, 6.07) is 12.4. The smallest absolute Gasteiger partial charge is 0.251 e. The standard InChI is InChI=1S/C23H20Cl3N3O2/c1-27-23(31)15-5-2-14(3-6-15)4-9-21(30)29-13-20-16(10-11-28-20)17-7-8-19(25)18(12-24)22(17)26/h2-11,28H,12-13H2,1H3,(H,27,31)(H,29,30). The number of hydrogen-bond acceptors (Lipinski definition) is 2. The van der Waals surface area contributed by atoms with Gasteiger partial charge in [-0.25, -0.2) is 0 Å². The maximum Gasteiger partial charge on any atom is 0.251 e. The van der Waals surface area contributed by atoms with Crippen molar-refractivity contribution < 1.29 is 9.59 Å². The quantitative estimate of drug-likeness (QED) is 0.315. The number of carbonyl (C=O) groups excluding carboxylic acids is 2. The van der Waals surface area contributed by atoms with E-state index >= 15 is 0 Å². The number of H-pyrrole nitrogens is 1. The molecular formula is C23H20Cl3N3O2. The topological polar surface area (TPSA) is 74.0 Å². The van der Waals surface area contributed by atoms with Gasteiger partial charge in [-0.05, 0) is 35.9 Å². The predicted molar refractivity (Wildman–Crippen MR) is 127 cm³/mol. The first-order valence-corrected chi connectivity index (χ1v) is 10.7. The van der Waals surface area contributed by atoms with Gasteiger partial charge < -0.3 is 15.6 Å². The molecule has 1 heterocycles. The fourth-order valence-corrected chi connectivity index (χ4v) is 4.05. The van der Waals surface area contributed by atoms with Gasteiger partial charge in [0.15, 0.2) is 0 Å². The number of alkyl halides is 1. The molecule has 2 aromatic carbocycles. The zero-order valence-electron chi connectivity index (χ0n) is 16.6. The second kappa shape index (κ2) is 10.5. The highest BCUT2D eigenvalue weighted by atomic mass is 35.5. The van der Waals surface area contributed by atoms with Crippen molar-refractivity contribution >= 4 is 52.7 Å². The SMILES string of the molecule is CNC(=O)c1ccc(C=CC(=O)NCc2[nH]ccc2-c2ccc(Cl)c(CCl)c2Cl)cc1. The molecule has 0 aliphatic rings. The number of halogens is 3. The number of rotatable bonds is 7. The molecule has 1 aromatic heterocycles. The molecule has 160 valence electrons. The molecule has 0 fully saturated rings. The highest BCUT2D eigenvalue weighted by molar-refractivity contribution is 6.38. The highest BCUT2D eigenvalue weighted by Crippen LogP contribution is 2.37. The van der Waals surface area contributed by atoms with Crippen molar-refractivity contribution in [2.24, 2.45) is 0 Å². The van der Waals surface area contributed by atoms with Gasteiger partial charge >= 0.3 is 0 Å². The Kier molecular flexibility index (Phi) is 7.80. The van der Waals surface area contributed by atoms with Crippen LogP contribution in [0, 0.1) is 0 Å². The number of carbonyl (C=O) groups is 2. The Balaban J connectivity index is 1.67. The fraction of sp³-hybridized carbons (Fsp3) is 0.130. The van der Waals surface area contributed by atoms with Crippen molar-refractivity contribution in [3.63, 3.8) is 0 Å². The molecule has 0 unspecified atom stereocenters. The summed E-state index contributed by atoms with van der Waals surface area (Å²) in [6.07, 6.45) is 4.91. The van der Waals surface area contributed by atoms with Crippen LogP contribution in [0.15, 0.2) is 54.7 Å². The lowest BCUT2D eigenvalue weighted by Crippen LogP contribution is -2.20. The van der Waals surface area contributed by atoms with Crippen LogP contribution in [0.4, 0.5) is 0 Å². The van der Waals surface area contributed by atoms with Crippen LogP contribution in [0.2, 0.25) is 10.0 Å². The third-order valence-electron chi connectivity index (χ3n) is 4.71. The van der Waals surface area contributed by atoms with Gasteiger partial charge in [0.2, 0.25) is 5.91 Å². The normalized spacial score (nSPS) is 11.0. The molecule has 3 aromatic rings. The van der Waals surface area contributed by atoms with Gasteiger partial charge in [-0.3, -0.25) is 9.59 Å². The van der Waals surface area contributed by atoms with Gasteiger partial charge in [-0.2, -0.15) is 0 Å². The maximum absolute atomic E-state index is 12.3. The van der Waals surface area contributed by atoms with Crippen molar-refractivity contribution in [3.8, 4) is 11.1 Å². The Morgan fingerprint density at radius 1 is 1.03 bits per heavy atom. The van der Waals surface area contributed by atoms with Crippen molar-refractivity contribution in [1.82, 2.24) is 15.6 Å². The van der Waals surface area contributed by atoms with E-state index in [9.17, 15) is 9.59 Å². The van der Waals surface area contributed by atoms with E-state index in [1.807, 2.05) is 12.1 Å². The summed E-state index contributed by atoms with van der Waals surface area (Å²) in [4.78, 5) is 27.0. The molecule has 0 aliphatic carbocycles. The summed E-state index contributed by atoms with van der Waals surface area (Å²) in [6.45, 7) is 0.288. The largest absolute Gasteiger partial charge is 0.363 e. The van der Waals surface area contributed by atoms with E-state index in [-0.39, 0.29) is 24.2 Å². The zero-order chi connectivity index (χ0) is 22.4. The Morgan fingerprint density at radius 2 is 1.77 bits per heavy atom. The molecular weight excluding hydrogens is 457 g/mol. The van der Waals surface area contributed by atoms with E-state index in [4.69, 9.17) is 34.8 Å². The average Bonchev–Trinajstić information content (AvgIpc) is 3.24. The summed E-state index contributed by atoms with van der Waals surface area (Å²) in [5.74, 6) is -0.203. The summed E-state index contributed by atoms with van der Waals surface area (Å²) >= 11 is 18.6. The van der Waals surface area contributed by atoms with Gasteiger partial charge in [-0.1, -0.05) is 41.4 Å². The van der Waals surface area contributed by atoms with E-state index < -0.39 is 0 Å². The van der Waals surface area contributed by atoms with Crippen molar-refractivity contribution in [1.29, 1.82) is 0 Å². The Morgan fingerprint density at radius 3 is 2.45 bits per heavy atom. The maximum atomic E-state index is 12.3. The minimum absolute atomic E-state index is 0.158. The van der Waals surface area contributed by atoms with Crippen LogP contribution in [-0.4, -0.2) is 23.8 Å². The lowest BCUT2D eigenvalue weighted by Gasteiger charge is -2.11. The average molecular weight is 477 g/mol. The number of benzene rings is 2. The number of amides is 2. The Hall–Kier alpha value is -2.73. The minimum Gasteiger partial charge on any atom is -0.363 e. The first kappa shape index (κ1) is 22.9. The van der Waals surface area contributed by atoms with Gasteiger partial charge in [-0.15, -0.1) is 11.6 Å². The highest BCUT2D eigenvalue weighted by Gasteiger charge is 2.15. The third-order valence-corrected chi connectivity index (χ3v) is 5.76. The van der Waals surface area contributed by atoms with Crippen LogP contribution >= 0.6 is 34.8 Å². The van der Waals surface area contributed by atoms with Gasteiger partial charge in [0.25, 0.3) is 5.91 Å². The summed E-state index contributed by atoms with van der Waals surface area (Å²) in [5.41, 5.74) is 4.50. The molecule has 31 heavy (non-hydrogen) atoms. The molecule has 0 saturated carbocycles. The van der Waals surface area contributed by atoms with Crippen molar-refractivity contribution in [2.45, 2.75) is 12.4 Å². The number of nitrogens with one attached hydrogen (secondary N) is 3. The van der Waals surface area contributed by atoms with E-state index in [1.54, 1.807) is 49.7 Å². The van der Waals surface area contributed by atoms with Crippen molar-refractivity contribution in [3.05, 3.63) is 87.2 Å². The zero-order valence-corrected chi connectivity index (χ0v) is 18.9. The molecule has 0 aliphatic heterocycles. The molecule has 8 heteroatoms. The lowest BCUT2D eigenvalue weighted by molar-refractivity contribution is -0.116. The van der Waals surface area contributed by atoms with Crippen LogP contribution in [0.3, 0.4) is 0 Å². The Labute approximate surface area is 195 Å². The molecule has 2 amide bonds. The van der Waals surface area contributed by atoms with E-state index in [2.05, 4.69) is 15.6 Å². The first-order chi connectivity index (χ1) is 14.9. The third kappa shape index (κ3) is 5.50. The van der Waals surface area contributed by atoms with Gasteiger partial charge in [0, 0.05) is 52.3 Å². The number of aromatic amines is 1. The predicted octanol–water partition coefficient (Wildman–Crippen LogP) is 5.42. The summed E-state index contributed by atoms with van der Waals surface area (Å²) < 4.78 is 0. The van der Waals surface area contributed by atoms with E-state index in [0.717, 1.165) is 22.4 Å². The number of aromatic nitrogens is 1. The summed E-state index contributed by atoms with van der Waals surface area (Å²) in [5, 5.41) is 6.42. The van der Waals surface area contributed by atoms with Crippen LogP contribution in [0.1, 0.15) is 27.2 Å². The molecule has 3 rings (SSSR count). The number of hydrogen-bond donors (Lipinski definition) is 3. The molecule has 0 bridgehead atoms. The minimum atomic E-state index is -0.250. The van der Waals surface area contributed by atoms with Crippen LogP contribution < -0.4 is 10.6 Å². The summed E-state index contributed by atoms with van der Waals surface area (Å²) in [7, 11) is 1.58. The molecule has 0 atom stereocenters. The van der Waals surface area contributed by atoms with E-state index in [0.29, 0.717) is 21.2 Å². The lowest BCUT2D eigenvalue weighted by atomic mass is 10.0. The molecule has 3 N–H and O–H groups in total. The first-order valence-electron chi connectivity index (χ1n) is 9.42. The second-order valence-electron chi connectivity index (χ2n) is 6.64. The second-order valence-corrected chi connectivity index (χ2v) is 7.70. The van der Waals surface area contributed by atoms with Crippen LogP contribution in [-0.2, 0) is 17.2 Å².